The van der Waals surface area contributed by atoms with E-state index in [1.807, 2.05) is 18.2 Å². The Bertz CT molecular complexity index is 522. The third kappa shape index (κ3) is 3.07. The third-order valence-corrected chi connectivity index (χ3v) is 5.07. The molecule has 0 radical (unpaired) electrons. The summed E-state index contributed by atoms with van der Waals surface area (Å²) >= 11 is 6.08. The van der Waals surface area contributed by atoms with Gasteiger partial charge in [0, 0.05) is 12.6 Å². The number of anilines is 1. The molecule has 0 saturated carbocycles. The molecule has 3 atom stereocenters. The number of para-hydroxylation sites is 1. The number of nitrogens with zero attached hydrogens (tertiary/aromatic N) is 1. The molecule has 0 bridgehead atoms. The van der Waals surface area contributed by atoms with Gasteiger partial charge < -0.3 is 10.6 Å². The van der Waals surface area contributed by atoms with Crippen LogP contribution in [0.5, 0.6) is 0 Å². The van der Waals surface area contributed by atoms with Gasteiger partial charge in [-0.1, -0.05) is 30.7 Å². The third-order valence-electron chi connectivity index (χ3n) is 4.74. The van der Waals surface area contributed by atoms with Gasteiger partial charge in [0.05, 0.1) is 17.3 Å². The Morgan fingerprint density at radius 1 is 1.43 bits per heavy atom. The van der Waals surface area contributed by atoms with Crippen molar-refractivity contribution in [1.29, 1.82) is 0 Å². The molecule has 5 heteroatoms. The number of likely N-dealkylation sites (tertiary alicyclic amines) is 1. The fourth-order valence-electron chi connectivity index (χ4n) is 3.79. The minimum atomic E-state index is 0.0227. The maximum absolute atomic E-state index is 12.3. The van der Waals surface area contributed by atoms with Crippen LogP contribution in [0.1, 0.15) is 13.3 Å². The fourth-order valence-corrected chi connectivity index (χ4v) is 3.97. The van der Waals surface area contributed by atoms with E-state index < -0.39 is 0 Å². The molecule has 2 aliphatic heterocycles. The second-order valence-corrected chi connectivity index (χ2v) is 6.42. The smallest absolute Gasteiger partial charge is 0.238 e. The van der Waals surface area contributed by atoms with Crippen molar-refractivity contribution in [3.8, 4) is 0 Å². The summed E-state index contributed by atoms with van der Waals surface area (Å²) in [5, 5.41) is 6.97. The average molecular weight is 308 g/mol. The number of fused-ring (bicyclic) bond motifs is 1. The van der Waals surface area contributed by atoms with Gasteiger partial charge in [0.2, 0.25) is 5.91 Å². The van der Waals surface area contributed by atoms with Crippen LogP contribution in [0.2, 0.25) is 5.02 Å². The minimum Gasteiger partial charge on any atom is -0.324 e. The molecule has 2 heterocycles. The van der Waals surface area contributed by atoms with Crippen LogP contribution in [0.4, 0.5) is 5.69 Å². The summed E-state index contributed by atoms with van der Waals surface area (Å²) in [6.45, 7) is 5.86. The van der Waals surface area contributed by atoms with Crippen molar-refractivity contribution in [3.63, 3.8) is 0 Å². The van der Waals surface area contributed by atoms with Gasteiger partial charge in [-0.15, -0.1) is 0 Å². The van der Waals surface area contributed by atoms with Crippen LogP contribution in [0, 0.1) is 11.8 Å². The second kappa shape index (κ2) is 6.34. The van der Waals surface area contributed by atoms with Gasteiger partial charge in [0.1, 0.15) is 0 Å². The summed E-state index contributed by atoms with van der Waals surface area (Å²) in [5.74, 6) is 1.42. The van der Waals surface area contributed by atoms with Gasteiger partial charge in [0.15, 0.2) is 0 Å². The molecule has 3 unspecified atom stereocenters. The average Bonchev–Trinajstić information content (AvgIpc) is 3.01. The first-order chi connectivity index (χ1) is 10.2. The van der Waals surface area contributed by atoms with E-state index in [-0.39, 0.29) is 5.91 Å². The maximum Gasteiger partial charge on any atom is 0.238 e. The Labute approximate surface area is 130 Å². The highest BCUT2D eigenvalue weighted by atomic mass is 35.5. The number of amides is 1. The van der Waals surface area contributed by atoms with Crippen molar-refractivity contribution < 1.29 is 4.79 Å². The number of halogens is 1. The summed E-state index contributed by atoms with van der Waals surface area (Å²) in [4.78, 5) is 14.6. The van der Waals surface area contributed by atoms with E-state index in [9.17, 15) is 4.79 Å². The molecule has 2 aliphatic rings. The largest absolute Gasteiger partial charge is 0.324 e. The zero-order valence-electron chi connectivity index (χ0n) is 12.3. The minimum absolute atomic E-state index is 0.0227. The van der Waals surface area contributed by atoms with E-state index in [1.165, 1.54) is 0 Å². The van der Waals surface area contributed by atoms with Crippen LogP contribution in [0.25, 0.3) is 0 Å². The quantitative estimate of drug-likeness (QED) is 0.896. The fraction of sp³-hybridized carbons (Fsp3) is 0.562. The predicted molar refractivity (Wildman–Crippen MR) is 85.6 cm³/mol. The Morgan fingerprint density at radius 3 is 3.00 bits per heavy atom. The first-order valence-electron chi connectivity index (χ1n) is 7.68. The van der Waals surface area contributed by atoms with Crippen LogP contribution in [0.15, 0.2) is 24.3 Å². The van der Waals surface area contributed by atoms with Crippen molar-refractivity contribution in [3.05, 3.63) is 29.3 Å². The van der Waals surface area contributed by atoms with Crippen LogP contribution in [-0.4, -0.2) is 43.0 Å². The van der Waals surface area contributed by atoms with Gasteiger partial charge in [-0.2, -0.15) is 0 Å². The Morgan fingerprint density at radius 2 is 2.24 bits per heavy atom. The maximum atomic E-state index is 12.3. The summed E-state index contributed by atoms with van der Waals surface area (Å²) in [6, 6.07) is 7.88. The first kappa shape index (κ1) is 14.8. The zero-order chi connectivity index (χ0) is 14.8. The molecule has 2 N–H and O–H groups in total. The number of hydrogen-bond acceptors (Lipinski definition) is 3. The van der Waals surface area contributed by atoms with Gasteiger partial charge >= 0.3 is 0 Å². The molecule has 3 rings (SSSR count). The lowest BCUT2D eigenvalue weighted by Crippen LogP contribution is -2.40. The van der Waals surface area contributed by atoms with Crippen molar-refractivity contribution in [2.45, 2.75) is 19.4 Å². The van der Waals surface area contributed by atoms with E-state index in [0.717, 1.165) is 26.1 Å². The highest BCUT2D eigenvalue weighted by Gasteiger charge is 2.43. The van der Waals surface area contributed by atoms with E-state index in [4.69, 9.17) is 11.6 Å². The molecule has 1 aromatic rings. The summed E-state index contributed by atoms with van der Waals surface area (Å²) in [5.41, 5.74) is 0.693. The summed E-state index contributed by atoms with van der Waals surface area (Å²) in [7, 11) is 0. The molecular weight excluding hydrogens is 286 g/mol. The number of nitrogens with one attached hydrogen (secondary N) is 2. The summed E-state index contributed by atoms with van der Waals surface area (Å²) in [6.07, 6.45) is 1.10. The number of carbonyl (C=O) groups excluding carboxylic acids is 1. The highest BCUT2D eigenvalue weighted by molar-refractivity contribution is 6.33. The molecule has 1 amide bonds. The van der Waals surface area contributed by atoms with E-state index >= 15 is 0 Å². The van der Waals surface area contributed by atoms with Crippen LogP contribution >= 0.6 is 11.6 Å². The normalized spacial score (nSPS) is 28.6. The van der Waals surface area contributed by atoms with Crippen molar-refractivity contribution in [2.24, 2.45) is 11.8 Å². The van der Waals surface area contributed by atoms with Crippen molar-refractivity contribution >= 4 is 23.2 Å². The number of hydrogen-bond donors (Lipinski definition) is 2. The van der Waals surface area contributed by atoms with E-state index in [2.05, 4.69) is 22.5 Å². The Balaban J connectivity index is 1.61. The van der Waals surface area contributed by atoms with E-state index in [0.29, 0.717) is 35.1 Å². The molecule has 2 fully saturated rings. The molecule has 1 aromatic carbocycles. The molecule has 4 nitrogen and oxygen atoms in total. The molecule has 0 aromatic heterocycles. The molecule has 2 saturated heterocycles. The Kier molecular flexibility index (Phi) is 4.48. The van der Waals surface area contributed by atoms with Gasteiger partial charge in [0.25, 0.3) is 0 Å². The number of benzene rings is 1. The lowest BCUT2D eigenvalue weighted by molar-refractivity contribution is -0.117. The van der Waals surface area contributed by atoms with E-state index in [1.54, 1.807) is 6.07 Å². The van der Waals surface area contributed by atoms with Crippen molar-refractivity contribution in [1.82, 2.24) is 10.2 Å². The second-order valence-electron chi connectivity index (χ2n) is 6.02. The molecule has 0 aliphatic carbocycles. The van der Waals surface area contributed by atoms with Gasteiger partial charge in [-0.3, -0.25) is 9.69 Å². The molecule has 114 valence electrons. The molecule has 0 spiro atoms. The van der Waals surface area contributed by atoms with Crippen LogP contribution in [-0.2, 0) is 4.79 Å². The summed E-state index contributed by atoms with van der Waals surface area (Å²) < 4.78 is 0. The van der Waals surface area contributed by atoms with Gasteiger partial charge in [-0.25, -0.2) is 0 Å². The molecule has 21 heavy (non-hydrogen) atoms. The lowest BCUT2D eigenvalue weighted by Gasteiger charge is -2.26. The van der Waals surface area contributed by atoms with Crippen LogP contribution in [0.3, 0.4) is 0 Å². The first-order valence-corrected chi connectivity index (χ1v) is 8.06. The van der Waals surface area contributed by atoms with Crippen LogP contribution < -0.4 is 10.6 Å². The molecular formula is C16H22ClN3O. The SMILES string of the molecule is CCC1C2CNCC2CN1CC(=O)Nc1ccccc1Cl. The Hall–Kier alpha value is -1.10. The van der Waals surface area contributed by atoms with Crippen molar-refractivity contribution in [2.75, 3.05) is 31.5 Å². The number of rotatable bonds is 4. The monoisotopic (exact) mass is 307 g/mol. The van der Waals surface area contributed by atoms with Gasteiger partial charge in [-0.05, 0) is 43.5 Å². The zero-order valence-corrected chi connectivity index (χ0v) is 13.1. The lowest BCUT2D eigenvalue weighted by atomic mass is 9.93. The highest BCUT2D eigenvalue weighted by Crippen LogP contribution is 2.34. The predicted octanol–water partition coefficient (Wildman–Crippen LogP) is 2.21. The number of carbonyl (C=O) groups is 1. The topological polar surface area (TPSA) is 44.4 Å². The standard InChI is InChI=1S/C16H22ClN3O/c1-2-15-12-8-18-7-11(12)9-20(15)10-16(21)19-14-6-4-3-5-13(14)17/h3-6,11-12,15,18H,2,7-10H2,1H3,(H,19,21).